The number of hydrazone groups is 1. The topological polar surface area (TPSA) is 24.8 Å². The molecule has 0 aromatic heterocycles. The second-order valence-corrected chi connectivity index (χ2v) is 8.09. The summed E-state index contributed by atoms with van der Waals surface area (Å²) in [5.74, 6) is 0.811. The molecule has 0 spiro atoms. The smallest absolute Gasteiger partial charge is 0.213 e. The van der Waals surface area contributed by atoms with Gasteiger partial charge in [-0.2, -0.15) is 5.10 Å². The molecule has 0 N–H and O–H groups in total. The van der Waals surface area contributed by atoms with E-state index in [2.05, 4.69) is 12.1 Å². The maximum Gasteiger partial charge on any atom is 0.213 e. The molecule has 2 atom stereocenters. The second kappa shape index (κ2) is 7.00. The highest BCUT2D eigenvalue weighted by molar-refractivity contribution is 6.42. The van der Waals surface area contributed by atoms with Crippen LogP contribution in [0.15, 0.2) is 71.8 Å². The average Bonchev–Trinajstić information content (AvgIpc) is 3.16. The first kappa shape index (κ1) is 17.9. The summed E-state index contributed by atoms with van der Waals surface area (Å²) in [7, 11) is 0. The van der Waals surface area contributed by atoms with Crippen LogP contribution in [0.2, 0.25) is 15.1 Å². The third-order valence-electron chi connectivity index (χ3n) is 5.09. The zero-order valence-electron chi connectivity index (χ0n) is 14.6. The summed E-state index contributed by atoms with van der Waals surface area (Å²) in [4.78, 5) is 0. The fraction of sp³-hybridized carbons (Fsp3) is 0.136. The van der Waals surface area contributed by atoms with Gasteiger partial charge in [-0.05, 0) is 35.9 Å². The Bertz CT molecular complexity index is 1080. The standard InChI is InChI=1S/C22H15Cl3N2O/c23-15-7-9-21-16(11-15)20-12-19(13-4-2-1-3-5-13)26-27(20)22(28-21)14-6-8-17(24)18(25)10-14/h1-11,20,22H,12H2/t20-,22-/m1/s1. The van der Waals surface area contributed by atoms with Crippen LogP contribution in [0.1, 0.15) is 35.4 Å². The molecule has 28 heavy (non-hydrogen) atoms. The molecule has 0 fully saturated rings. The van der Waals surface area contributed by atoms with E-state index in [0.29, 0.717) is 15.1 Å². The van der Waals surface area contributed by atoms with Crippen LogP contribution in [0.4, 0.5) is 0 Å². The highest BCUT2D eigenvalue weighted by Crippen LogP contribution is 2.48. The fourth-order valence-electron chi connectivity index (χ4n) is 3.75. The van der Waals surface area contributed by atoms with E-state index in [4.69, 9.17) is 44.6 Å². The fourth-order valence-corrected chi connectivity index (χ4v) is 4.24. The Kier molecular flexibility index (Phi) is 4.47. The molecule has 2 aliphatic heterocycles. The minimum atomic E-state index is -0.394. The minimum Gasteiger partial charge on any atom is -0.464 e. The average molecular weight is 430 g/mol. The zero-order valence-corrected chi connectivity index (χ0v) is 16.9. The Balaban J connectivity index is 1.62. The Morgan fingerprint density at radius 2 is 1.71 bits per heavy atom. The van der Waals surface area contributed by atoms with Crippen LogP contribution >= 0.6 is 34.8 Å². The van der Waals surface area contributed by atoms with Gasteiger partial charge in [0.1, 0.15) is 5.75 Å². The van der Waals surface area contributed by atoms with E-state index in [1.54, 1.807) is 6.07 Å². The van der Waals surface area contributed by atoms with E-state index >= 15 is 0 Å². The van der Waals surface area contributed by atoms with Gasteiger partial charge in [-0.25, -0.2) is 5.01 Å². The summed E-state index contributed by atoms with van der Waals surface area (Å²) >= 11 is 18.6. The van der Waals surface area contributed by atoms with Crippen LogP contribution < -0.4 is 4.74 Å². The first-order valence-electron chi connectivity index (χ1n) is 8.92. The van der Waals surface area contributed by atoms with Gasteiger partial charge in [0.2, 0.25) is 6.23 Å². The van der Waals surface area contributed by atoms with Crippen LogP contribution in [-0.2, 0) is 0 Å². The molecule has 6 heteroatoms. The van der Waals surface area contributed by atoms with E-state index in [0.717, 1.165) is 34.6 Å². The van der Waals surface area contributed by atoms with E-state index < -0.39 is 6.23 Å². The Morgan fingerprint density at radius 3 is 2.50 bits per heavy atom. The van der Waals surface area contributed by atoms with Crippen molar-refractivity contribution in [2.75, 3.05) is 0 Å². The molecule has 2 heterocycles. The summed E-state index contributed by atoms with van der Waals surface area (Å²) < 4.78 is 6.32. The van der Waals surface area contributed by atoms with Crippen molar-refractivity contribution in [3.8, 4) is 5.75 Å². The lowest BCUT2D eigenvalue weighted by Gasteiger charge is -2.38. The van der Waals surface area contributed by atoms with Gasteiger partial charge >= 0.3 is 0 Å². The number of hydrogen-bond acceptors (Lipinski definition) is 3. The Hall–Kier alpha value is -2.20. The molecule has 0 saturated heterocycles. The number of fused-ring (bicyclic) bond motifs is 3. The van der Waals surface area contributed by atoms with Gasteiger partial charge in [-0.15, -0.1) is 0 Å². The van der Waals surface area contributed by atoms with Crippen molar-refractivity contribution in [3.63, 3.8) is 0 Å². The number of ether oxygens (including phenoxy) is 1. The SMILES string of the molecule is Clc1ccc2c(c1)[C@H]1CC(c3ccccc3)=NN1[C@@H](c1ccc(Cl)c(Cl)c1)O2. The molecule has 140 valence electrons. The second-order valence-electron chi connectivity index (χ2n) is 6.84. The van der Waals surface area contributed by atoms with Gasteiger partial charge in [-0.3, -0.25) is 0 Å². The molecule has 5 rings (SSSR count). The van der Waals surface area contributed by atoms with E-state index in [1.165, 1.54) is 0 Å². The maximum absolute atomic E-state index is 6.32. The third-order valence-corrected chi connectivity index (χ3v) is 6.06. The van der Waals surface area contributed by atoms with Crippen LogP contribution in [0.5, 0.6) is 5.75 Å². The number of benzene rings is 3. The van der Waals surface area contributed by atoms with Crippen LogP contribution in [0, 0.1) is 0 Å². The molecule has 0 saturated carbocycles. The van der Waals surface area contributed by atoms with Crippen molar-refractivity contribution < 1.29 is 4.74 Å². The minimum absolute atomic E-state index is 0.0390. The molecular weight excluding hydrogens is 415 g/mol. The molecule has 0 amide bonds. The van der Waals surface area contributed by atoms with Gasteiger partial charge < -0.3 is 4.74 Å². The molecule has 0 bridgehead atoms. The largest absolute Gasteiger partial charge is 0.464 e. The number of rotatable bonds is 2. The first-order chi connectivity index (χ1) is 13.6. The first-order valence-corrected chi connectivity index (χ1v) is 10.1. The lowest BCUT2D eigenvalue weighted by molar-refractivity contribution is -0.0190. The van der Waals surface area contributed by atoms with Crippen molar-refractivity contribution in [3.05, 3.63) is 98.5 Å². The molecule has 0 unspecified atom stereocenters. The van der Waals surface area contributed by atoms with Gasteiger partial charge in [-0.1, -0.05) is 71.2 Å². The van der Waals surface area contributed by atoms with Crippen LogP contribution in [0.25, 0.3) is 0 Å². The summed E-state index contributed by atoms with van der Waals surface area (Å²) in [6.07, 6.45) is 0.382. The molecule has 0 radical (unpaired) electrons. The van der Waals surface area contributed by atoms with Gasteiger partial charge in [0.05, 0.1) is 21.8 Å². The Labute approximate surface area is 178 Å². The monoisotopic (exact) mass is 428 g/mol. The molecule has 0 aliphatic carbocycles. The summed E-state index contributed by atoms with van der Waals surface area (Å²) in [6.45, 7) is 0. The van der Waals surface area contributed by atoms with Gasteiger partial charge in [0, 0.05) is 22.6 Å². The number of hydrogen-bond donors (Lipinski definition) is 0. The molecular formula is C22H15Cl3N2O. The summed E-state index contributed by atoms with van der Waals surface area (Å²) in [5.41, 5.74) is 4.07. The van der Waals surface area contributed by atoms with E-state index in [1.807, 2.05) is 53.5 Å². The number of nitrogens with zero attached hydrogens (tertiary/aromatic N) is 2. The van der Waals surface area contributed by atoms with Crippen LogP contribution in [0.3, 0.4) is 0 Å². The molecule has 2 aliphatic rings. The van der Waals surface area contributed by atoms with Crippen molar-refractivity contribution in [1.29, 1.82) is 0 Å². The normalized spacial score (nSPS) is 20.2. The third kappa shape index (κ3) is 3.04. The highest BCUT2D eigenvalue weighted by atomic mass is 35.5. The molecule has 3 aromatic carbocycles. The van der Waals surface area contributed by atoms with Crippen molar-refractivity contribution in [1.82, 2.24) is 5.01 Å². The lowest BCUT2D eigenvalue weighted by atomic mass is 9.96. The highest BCUT2D eigenvalue weighted by Gasteiger charge is 2.41. The zero-order chi connectivity index (χ0) is 19.3. The quantitative estimate of drug-likeness (QED) is 0.443. The van der Waals surface area contributed by atoms with Crippen LogP contribution in [-0.4, -0.2) is 10.7 Å². The van der Waals surface area contributed by atoms with E-state index in [9.17, 15) is 0 Å². The van der Waals surface area contributed by atoms with Gasteiger partial charge in [0.25, 0.3) is 0 Å². The molecule has 3 aromatic rings. The maximum atomic E-state index is 6.32. The predicted molar refractivity (Wildman–Crippen MR) is 113 cm³/mol. The number of halogens is 3. The lowest BCUT2D eigenvalue weighted by Crippen LogP contribution is -2.33. The predicted octanol–water partition coefficient (Wildman–Crippen LogP) is 6.89. The van der Waals surface area contributed by atoms with Crippen molar-refractivity contribution in [2.45, 2.75) is 18.7 Å². The Morgan fingerprint density at radius 1 is 0.893 bits per heavy atom. The molecule has 3 nitrogen and oxygen atoms in total. The summed E-state index contributed by atoms with van der Waals surface area (Å²) in [6, 6.07) is 21.5. The van der Waals surface area contributed by atoms with Crippen molar-refractivity contribution >= 4 is 40.5 Å². The van der Waals surface area contributed by atoms with Crippen molar-refractivity contribution in [2.24, 2.45) is 5.10 Å². The van der Waals surface area contributed by atoms with E-state index in [-0.39, 0.29) is 6.04 Å². The summed E-state index contributed by atoms with van der Waals surface area (Å²) in [5, 5.41) is 8.62. The van der Waals surface area contributed by atoms with Gasteiger partial charge in [0.15, 0.2) is 0 Å².